The van der Waals surface area contributed by atoms with Crippen LogP contribution in [-0.4, -0.2) is 32.8 Å². The number of nitrogens with zero attached hydrogens (tertiary/aromatic N) is 1. The van der Waals surface area contributed by atoms with Gasteiger partial charge in [-0.2, -0.15) is 0 Å². The second-order valence-corrected chi connectivity index (χ2v) is 5.59. The van der Waals surface area contributed by atoms with Gasteiger partial charge in [-0.25, -0.2) is 4.39 Å². The Bertz CT molecular complexity index is 438. The molecule has 0 aromatic heterocycles. The lowest BCUT2D eigenvalue weighted by Gasteiger charge is -2.39. The molecule has 2 atom stereocenters. The first-order valence-electron chi connectivity index (χ1n) is 7.47. The van der Waals surface area contributed by atoms with E-state index in [0.717, 1.165) is 31.7 Å². The molecule has 0 radical (unpaired) electrons. The summed E-state index contributed by atoms with van der Waals surface area (Å²) in [6.45, 7) is 7.50. The predicted octanol–water partition coefficient (Wildman–Crippen LogP) is 3.05. The quantitative estimate of drug-likeness (QED) is 0.897. The Kier molecular flexibility index (Phi) is 5.24. The maximum atomic E-state index is 13.3. The Morgan fingerprint density at radius 2 is 2.25 bits per heavy atom. The van der Waals surface area contributed by atoms with Crippen LogP contribution in [0.1, 0.15) is 26.7 Å². The third-order valence-electron chi connectivity index (χ3n) is 4.04. The zero-order valence-corrected chi connectivity index (χ0v) is 12.7. The smallest absolute Gasteiger partial charge is 0.145 e. The Labute approximate surface area is 121 Å². The van der Waals surface area contributed by atoms with E-state index in [1.807, 2.05) is 6.07 Å². The van der Waals surface area contributed by atoms with Crippen molar-refractivity contribution in [1.82, 2.24) is 5.32 Å². The Balaban J connectivity index is 2.05. The number of anilines is 1. The fourth-order valence-corrected chi connectivity index (χ4v) is 2.91. The topological polar surface area (TPSA) is 24.5 Å². The molecule has 3 nitrogen and oxygen atoms in total. The van der Waals surface area contributed by atoms with Crippen LogP contribution in [0, 0.1) is 11.7 Å². The van der Waals surface area contributed by atoms with Crippen LogP contribution in [0.25, 0.3) is 0 Å². The number of hydrogen-bond acceptors (Lipinski definition) is 3. The fourth-order valence-electron chi connectivity index (χ4n) is 2.91. The number of hydrogen-bond donors (Lipinski definition) is 1. The zero-order valence-electron chi connectivity index (χ0n) is 12.7. The van der Waals surface area contributed by atoms with Crippen molar-refractivity contribution in [3.05, 3.63) is 24.0 Å². The third kappa shape index (κ3) is 3.42. The van der Waals surface area contributed by atoms with Gasteiger partial charge in [0, 0.05) is 25.2 Å². The molecule has 1 aliphatic heterocycles. The number of benzene rings is 1. The lowest BCUT2D eigenvalue weighted by atomic mass is 9.93. The molecular weight excluding hydrogens is 255 g/mol. The Morgan fingerprint density at radius 3 is 2.90 bits per heavy atom. The van der Waals surface area contributed by atoms with Crippen molar-refractivity contribution in [1.29, 1.82) is 0 Å². The molecule has 2 rings (SSSR count). The number of rotatable bonds is 5. The third-order valence-corrected chi connectivity index (χ3v) is 4.04. The number of methoxy groups -OCH3 is 1. The largest absolute Gasteiger partial charge is 0.494 e. The van der Waals surface area contributed by atoms with Gasteiger partial charge in [0.05, 0.1) is 12.8 Å². The minimum absolute atomic E-state index is 0.252. The molecule has 20 heavy (non-hydrogen) atoms. The first kappa shape index (κ1) is 15.1. The van der Waals surface area contributed by atoms with Gasteiger partial charge >= 0.3 is 0 Å². The molecule has 1 fully saturated rings. The SMILES string of the molecule is CCCNC1CCN(c2ccc(F)cc2OC)CC1C. The van der Waals surface area contributed by atoms with Gasteiger partial charge in [-0.05, 0) is 37.4 Å². The zero-order chi connectivity index (χ0) is 14.5. The normalized spacial score (nSPS) is 22.9. The number of halogens is 1. The summed E-state index contributed by atoms with van der Waals surface area (Å²) in [5.41, 5.74) is 0.995. The number of piperidine rings is 1. The molecule has 1 saturated heterocycles. The summed E-state index contributed by atoms with van der Waals surface area (Å²) in [5.74, 6) is 0.945. The summed E-state index contributed by atoms with van der Waals surface area (Å²) in [6.07, 6.45) is 2.28. The van der Waals surface area contributed by atoms with Gasteiger partial charge in [0.2, 0.25) is 0 Å². The van der Waals surface area contributed by atoms with Gasteiger partial charge in [-0.1, -0.05) is 13.8 Å². The van der Waals surface area contributed by atoms with Crippen LogP contribution in [0.5, 0.6) is 5.75 Å². The minimum atomic E-state index is -0.252. The highest BCUT2D eigenvalue weighted by molar-refractivity contribution is 5.59. The van der Waals surface area contributed by atoms with E-state index in [-0.39, 0.29) is 5.82 Å². The molecule has 0 spiro atoms. The maximum absolute atomic E-state index is 13.3. The second kappa shape index (κ2) is 6.93. The van der Waals surface area contributed by atoms with Gasteiger partial charge in [-0.15, -0.1) is 0 Å². The number of ether oxygens (including phenoxy) is 1. The molecule has 0 saturated carbocycles. The van der Waals surface area contributed by atoms with Crippen molar-refractivity contribution >= 4 is 5.69 Å². The summed E-state index contributed by atoms with van der Waals surface area (Å²) in [7, 11) is 1.59. The van der Waals surface area contributed by atoms with Crippen molar-refractivity contribution in [2.45, 2.75) is 32.7 Å². The fraction of sp³-hybridized carbons (Fsp3) is 0.625. The summed E-state index contributed by atoms with van der Waals surface area (Å²) in [4.78, 5) is 2.30. The van der Waals surface area contributed by atoms with Crippen LogP contribution in [-0.2, 0) is 0 Å². The van der Waals surface area contributed by atoms with E-state index in [1.165, 1.54) is 18.6 Å². The van der Waals surface area contributed by atoms with Crippen LogP contribution in [0.2, 0.25) is 0 Å². The molecule has 112 valence electrons. The van der Waals surface area contributed by atoms with Crippen molar-refractivity contribution in [2.75, 3.05) is 31.6 Å². The van der Waals surface area contributed by atoms with Crippen molar-refractivity contribution in [3.8, 4) is 5.75 Å². The van der Waals surface area contributed by atoms with Crippen molar-refractivity contribution in [3.63, 3.8) is 0 Å². The minimum Gasteiger partial charge on any atom is -0.494 e. The van der Waals surface area contributed by atoms with Crippen molar-refractivity contribution < 1.29 is 9.13 Å². The molecule has 1 aromatic rings. The van der Waals surface area contributed by atoms with E-state index in [2.05, 4.69) is 24.1 Å². The summed E-state index contributed by atoms with van der Waals surface area (Å²) in [5, 5.41) is 3.61. The van der Waals surface area contributed by atoms with E-state index in [0.29, 0.717) is 17.7 Å². The molecule has 1 N–H and O–H groups in total. The molecule has 1 heterocycles. The highest BCUT2D eigenvalue weighted by atomic mass is 19.1. The molecule has 2 unspecified atom stereocenters. The van der Waals surface area contributed by atoms with Crippen LogP contribution in [0.3, 0.4) is 0 Å². The van der Waals surface area contributed by atoms with Gasteiger partial charge in [0.15, 0.2) is 0 Å². The molecule has 0 amide bonds. The maximum Gasteiger partial charge on any atom is 0.145 e. The molecule has 0 bridgehead atoms. The van der Waals surface area contributed by atoms with Crippen molar-refractivity contribution in [2.24, 2.45) is 5.92 Å². The van der Waals surface area contributed by atoms with Gasteiger partial charge in [0.25, 0.3) is 0 Å². The first-order valence-corrected chi connectivity index (χ1v) is 7.47. The first-order chi connectivity index (χ1) is 9.65. The van der Waals surface area contributed by atoms with Gasteiger partial charge in [-0.3, -0.25) is 0 Å². The molecule has 1 aliphatic rings. The average Bonchev–Trinajstić information content (AvgIpc) is 2.45. The molecular formula is C16H25FN2O. The van der Waals surface area contributed by atoms with Crippen LogP contribution < -0.4 is 15.0 Å². The van der Waals surface area contributed by atoms with E-state index in [1.54, 1.807) is 7.11 Å². The standard InChI is InChI=1S/C16H25FN2O/c1-4-8-18-14-7-9-19(11-12(14)2)15-6-5-13(17)10-16(15)20-3/h5-6,10,12,14,18H,4,7-9,11H2,1-3H3. The Hall–Kier alpha value is -1.29. The number of nitrogens with one attached hydrogen (secondary N) is 1. The molecule has 1 aromatic carbocycles. The van der Waals surface area contributed by atoms with Gasteiger partial charge in [0.1, 0.15) is 11.6 Å². The van der Waals surface area contributed by atoms with Gasteiger partial charge < -0.3 is 15.0 Å². The summed E-state index contributed by atoms with van der Waals surface area (Å²) < 4.78 is 18.6. The summed E-state index contributed by atoms with van der Waals surface area (Å²) >= 11 is 0. The average molecular weight is 280 g/mol. The monoisotopic (exact) mass is 280 g/mol. The molecule has 4 heteroatoms. The van der Waals surface area contributed by atoms with Crippen LogP contribution in [0.4, 0.5) is 10.1 Å². The lowest BCUT2D eigenvalue weighted by molar-refractivity contribution is 0.320. The summed E-state index contributed by atoms with van der Waals surface area (Å²) in [6, 6.07) is 5.36. The highest BCUT2D eigenvalue weighted by Crippen LogP contribution is 2.32. The van der Waals surface area contributed by atoms with E-state index < -0.39 is 0 Å². The van der Waals surface area contributed by atoms with Crippen LogP contribution >= 0.6 is 0 Å². The highest BCUT2D eigenvalue weighted by Gasteiger charge is 2.27. The Morgan fingerprint density at radius 1 is 1.45 bits per heavy atom. The second-order valence-electron chi connectivity index (χ2n) is 5.59. The lowest BCUT2D eigenvalue weighted by Crippen LogP contribution is -2.48. The predicted molar refractivity (Wildman–Crippen MR) is 81.0 cm³/mol. The van der Waals surface area contributed by atoms with E-state index in [4.69, 9.17) is 4.74 Å². The van der Waals surface area contributed by atoms with E-state index in [9.17, 15) is 4.39 Å². The van der Waals surface area contributed by atoms with E-state index >= 15 is 0 Å². The molecule has 0 aliphatic carbocycles. The van der Waals surface area contributed by atoms with Crippen LogP contribution in [0.15, 0.2) is 18.2 Å².